The molecule has 218 valence electrons. The molecule has 1 aromatic carbocycles. The second-order valence-electron chi connectivity index (χ2n) is 15.1. The van der Waals surface area contributed by atoms with Crippen LogP contribution in [0.2, 0.25) is 0 Å². The highest BCUT2D eigenvalue weighted by molar-refractivity contribution is 7.92. The van der Waals surface area contributed by atoms with Crippen LogP contribution in [0.25, 0.3) is 0 Å². The van der Waals surface area contributed by atoms with E-state index >= 15 is 0 Å². The summed E-state index contributed by atoms with van der Waals surface area (Å²) in [6.45, 7) is 5.05. The van der Waals surface area contributed by atoms with Gasteiger partial charge in [-0.25, -0.2) is 8.42 Å². The third-order valence-electron chi connectivity index (χ3n) is 13.3. The van der Waals surface area contributed by atoms with Gasteiger partial charge in [0.15, 0.2) is 9.84 Å². The Balaban J connectivity index is 1.25. The Bertz CT molecular complexity index is 1110. The number of rotatable bonds is 6. The van der Waals surface area contributed by atoms with Gasteiger partial charge in [0.2, 0.25) is 0 Å². The molecule has 39 heavy (non-hydrogen) atoms. The van der Waals surface area contributed by atoms with E-state index in [2.05, 4.69) is 13.8 Å². The SMILES string of the molecule is CC12CCC(O)CC1CCC1C2CCC2(C)C(CC(CC3(O)CCCCC3)S(=O)(=O)c3ccccc3)CCC12. The molecule has 2 N–H and O–H groups in total. The second kappa shape index (κ2) is 10.4. The van der Waals surface area contributed by atoms with Gasteiger partial charge in [-0.3, -0.25) is 0 Å². The van der Waals surface area contributed by atoms with Gasteiger partial charge in [-0.05, 0) is 136 Å². The van der Waals surface area contributed by atoms with Gasteiger partial charge in [0.25, 0.3) is 0 Å². The maximum Gasteiger partial charge on any atom is 0.181 e. The first-order chi connectivity index (χ1) is 18.6. The summed E-state index contributed by atoms with van der Waals surface area (Å²) in [5, 5.41) is 21.4. The fourth-order valence-corrected chi connectivity index (χ4v) is 12.9. The van der Waals surface area contributed by atoms with Gasteiger partial charge in [-0.2, -0.15) is 0 Å². The monoisotopic (exact) mass is 556 g/mol. The lowest BCUT2D eigenvalue weighted by molar-refractivity contribution is -0.127. The van der Waals surface area contributed by atoms with Crippen molar-refractivity contribution in [1.29, 1.82) is 0 Å². The van der Waals surface area contributed by atoms with Crippen molar-refractivity contribution in [2.24, 2.45) is 40.4 Å². The van der Waals surface area contributed by atoms with Crippen molar-refractivity contribution in [3.63, 3.8) is 0 Å². The van der Waals surface area contributed by atoms with Crippen molar-refractivity contribution in [2.45, 2.75) is 138 Å². The highest BCUT2D eigenvalue weighted by Gasteiger charge is 2.60. The maximum absolute atomic E-state index is 14.1. The first-order valence-electron chi connectivity index (χ1n) is 16.2. The number of hydrogen-bond donors (Lipinski definition) is 2. The number of aliphatic hydroxyl groups is 2. The highest BCUT2D eigenvalue weighted by atomic mass is 32.2. The molecule has 5 heteroatoms. The summed E-state index contributed by atoms with van der Waals surface area (Å²) in [5.41, 5.74) is -0.289. The summed E-state index contributed by atoms with van der Waals surface area (Å²) in [6.07, 6.45) is 16.1. The van der Waals surface area contributed by atoms with E-state index < -0.39 is 20.7 Å². The molecule has 0 aliphatic heterocycles. The molecule has 1 aromatic rings. The van der Waals surface area contributed by atoms with Crippen LogP contribution < -0.4 is 0 Å². The van der Waals surface area contributed by atoms with Crippen LogP contribution in [0.1, 0.15) is 117 Å². The molecule has 9 unspecified atom stereocenters. The molecule has 0 aromatic heterocycles. The number of benzene rings is 1. The molecular weight excluding hydrogens is 504 g/mol. The highest BCUT2D eigenvalue weighted by Crippen LogP contribution is 2.68. The smallest absolute Gasteiger partial charge is 0.181 e. The van der Waals surface area contributed by atoms with Crippen LogP contribution in [0.15, 0.2) is 35.2 Å². The van der Waals surface area contributed by atoms with Gasteiger partial charge >= 0.3 is 0 Å². The van der Waals surface area contributed by atoms with Crippen molar-refractivity contribution < 1.29 is 18.6 Å². The average Bonchev–Trinajstić information content (AvgIpc) is 3.25. The predicted octanol–water partition coefficient (Wildman–Crippen LogP) is 7.32. The minimum atomic E-state index is -3.53. The average molecular weight is 557 g/mol. The Labute approximate surface area is 237 Å². The molecule has 0 radical (unpaired) electrons. The Morgan fingerprint density at radius 2 is 1.54 bits per heavy atom. The largest absolute Gasteiger partial charge is 0.393 e. The minimum absolute atomic E-state index is 0.105. The van der Waals surface area contributed by atoms with E-state index in [0.29, 0.717) is 40.9 Å². The molecule has 4 nitrogen and oxygen atoms in total. The van der Waals surface area contributed by atoms with E-state index in [1.165, 1.54) is 38.5 Å². The third-order valence-corrected chi connectivity index (χ3v) is 15.5. The summed E-state index contributed by atoms with van der Waals surface area (Å²) in [5.74, 6) is 3.26. The molecule has 5 fully saturated rings. The lowest BCUT2D eigenvalue weighted by Crippen LogP contribution is -2.54. The molecule has 5 aliphatic carbocycles. The van der Waals surface area contributed by atoms with Gasteiger partial charge < -0.3 is 10.2 Å². The fourth-order valence-electron chi connectivity index (χ4n) is 11.0. The van der Waals surface area contributed by atoms with Crippen LogP contribution in [0, 0.1) is 40.4 Å². The lowest BCUT2D eigenvalue weighted by atomic mass is 9.44. The molecule has 0 heterocycles. The Hall–Kier alpha value is -0.910. The number of aliphatic hydroxyl groups excluding tert-OH is 1. The van der Waals surface area contributed by atoms with Gasteiger partial charge in [0, 0.05) is 0 Å². The van der Waals surface area contributed by atoms with Crippen molar-refractivity contribution in [1.82, 2.24) is 0 Å². The molecular formula is C34H52O4S. The zero-order valence-electron chi connectivity index (χ0n) is 24.4. The van der Waals surface area contributed by atoms with E-state index in [-0.39, 0.29) is 11.5 Å². The first-order valence-corrected chi connectivity index (χ1v) is 17.8. The van der Waals surface area contributed by atoms with Crippen molar-refractivity contribution in [3.8, 4) is 0 Å². The molecule has 0 spiro atoms. The van der Waals surface area contributed by atoms with E-state index in [1.807, 2.05) is 18.2 Å². The molecule has 0 saturated heterocycles. The zero-order chi connectivity index (χ0) is 27.5. The molecule has 9 atom stereocenters. The quantitative estimate of drug-likeness (QED) is 0.385. The summed E-state index contributed by atoms with van der Waals surface area (Å²) >= 11 is 0. The van der Waals surface area contributed by atoms with Crippen LogP contribution >= 0.6 is 0 Å². The molecule has 0 bridgehead atoms. The normalized spacial score (nSPS) is 42.7. The van der Waals surface area contributed by atoms with Crippen LogP contribution in [-0.4, -0.2) is 35.6 Å². The van der Waals surface area contributed by atoms with Crippen LogP contribution in [0.3, 0.4) is 0 Å². The van der Waals surface area contributed by atoms with E-state index in [0.717, 1.165) is 63.2 Å². The van der Waals surface area contributed by atoms with Gasteiger partial charge in [-0.1, -0.05) is 51.3 Å². The number of hydrogen-bond acceptors (Lipinski definition) is 4. The first kappa shape index (κ1) is 28.2. The van der Waals surface area contributed by atoms with Gasteiger partial charge in [-0.15, -0.1) is 0 Å². The summed E-state index contributed by atoms with van der Waals surface area (Å²) < 4.78 is 28.2. The van der Waals surface area contributed by atoms with Gasteiger partial charge in [0.05, 0.1) is 21.9 Å². The zero-order valence-corrected chi connectivity index (χ0v) is 25.2. The Morgan fingerprint density at radius 3 is 2.28 bits per heavy atom. The Morgan fingerprint density at radius 1 is 0.846 bits per heavy atom. The van der Waals surface area contributed by atoms with Crippen molar-refractivity contribution in [2.75, 3.05) is 0 Å². The van der Waals surface area contributed by atoms with Crippen LogP contribution in [0.4, 0.5) is 0 Å². The summed E-state index contributed by atoms with van der Waals surface area (Å²) in [6, 6.07) is 9.03. The lowest BCUT2D eigenvalue weighted by Gasteiger charge is -2.61. The fraction of sp³-hybridized carbons (Fsp3) is 0.824. The summed E-state index contributed by atoms with van der Waals surface area (Å²) in [7, 11) is -3.53. The summed E-state index contributed by atoms with van der Waals surface area (Å²) in [4.78, 5) is 0.420. The minimum Gasteiger partial charge on any atom is -0.393 e. The van der Waals surface area contributed by atoms with Crippen LogP contribution in [-0.2, 0) is 9.84 Å². The molecule has 6 rings (SSSR count). The van der Waals surface area contributed by atoms with E-state index in [4.69, 9.17) is 0 Å². The third kappa shape index (κ3) is 4.95. The predicted molar refractivity (Wildman–Crippen MR) is 156 cm³/mol. The molecule has 5 saturated carbocycles. The topological polar surface area (TPSA) is 74.6 Å². The Kier molecular flexibility index (Phi) is 7.54. The van der Waals surface area contributed by atoms with Crippen LogP contribution in [0.5, 0.6) is 0 Å². The van der Waals surface area contributed by atoms with E-state index in [9.17, 15) is 18.6 Å². The van der Waals surface area contributed by atoms with Crippen molar-refractivity contribution in [3.05, 3.63) is 30.3 Å². The molecule has 0 amide bonds. The standard InChI is InChI=1S/C34H52O4S/c1-32-19-15-26(35)21-24(32)11-13-29-30-14-12-25(33(30,2)20-16-31(29)32)22-28(23-34(36)17-7-4-8-18-34)39(37,38)27-9-5-3-6-10-27/h3,5-6,9-10,24-26,28-31,35-36H,4,7-8,11-23H2,1-2H3. The van der Waals surface area contributed by atoms with Crippen molar-refractivity contribution >= 4 is 9.84 Å². The number of sulfone groups is 1. The molecule has 5 aliphatic rings. The van der Waals surface area contributed by atoms with E-state index in [1.54, 1.807) is 12.1 Å². The van der Waals surface area contributed by atoms with Gasteiger partial charge in [0.1, 0.15) is 0 Å². The second-order valence-corrected chi connectivity index (χ2v) is 17.3. The maximum atomic E-state index is 14.1. The number of fused-ring (bicyclic) bond motifs is 5.